The van der Waals surface area contributed by atoms with E-state index in [-0.39, 0.29) is 23.5 Å². The molecule has 0 saturated heterocycles. The predicted octanol–water partition coefficient (Wildman–Crippen LogP) is 4.92. The van der Waals surface area contributed by atoms with Crippen LogP contribution in [0.1, 0.15) is 6.42 Å². The van der Waals surface area contributed by atoms with Gasteiger partial charge in [-0.1, -0.05) is 6.08 Å². The third-order valence-electron chi connectivity index (χ3n) is 5.45. The Labute approximate surface area is 199 Å². The van der Waals surface area contributed by atoms with Crippen LogP contribution in [-0.4, -0.2) is 38.1 Å². The summed E-state index contributed by atoms with van der Waals surface area (Å²) >= 11 is 0. The van der Waals surface area contributed by atoms with Crippen LogP contribution < -0.4 is 15.8 Å². The zero-order valence-corrected chi connectivity index (χ0v) is 18.7. The number of nitrogens with one attached hydrogen (secondary N) is 2. The molecule has 3 aromatic heterocycles. The first-order chi connectivity index (χ1) is 17.0. The van der Waals surface area contributed by atoms with Crippen LogP contribution in [0.4, 0.5) is 20.5 Å². The molecule has 10 heteroatoms. The fraction of sp³-hybridized carbons (Fsp3) is 0.120. The fourth-order valence-corrected chi connectivity index (χ4v) is 3.74. The lowest BCUT2D eigenvalue weighted by molar-refractivity contribution is 0.415. The molecule has 1 unspecified atom stereocenters. The topological polar surface area (TPSA) is 115 Å². The van der Waals surface area contributed by atoms with Crippen LogP contribution in [0.5, 0.6) is 5.75 Å². The number of H-pyrrole nitrogens is 1. The molecule has 1 aliphatic rings. The maximum absolute atomic E-state index is 13.6. The highest BCUT2D eigenvalue weighted by atomic mass is 19.1. The van der Waals surface area contributed by atoms with E-state index < -0.39 is 0 Å². The second-order valence-electron chi connectivity index (χ2n) is 7.83. The molecular formula is C25H21F2N7O. The first kappa shape index (κ1) is 22.2. The molecule has 0 radical (unpaired) electrons. The zero-order valence-electron chi connectivity index (χ0n) is 18.7. The van der Waals surface area contributed by atoms with E-state index in [1.54, 1.807) is 42.7 Å². The Bertz CT molecular complexity index is 1430. The normalized spacial score (nSPS) is 15.1. The monoisotopic (exact) mass is 473 g/mol. The molecular weight excluding hydrogens is 452 g/mol. The van der Waals surface area contributed by atoms with Gasteiger partial charge in [0.15, 0.2) is 11.6 Å². The fourth-order valence-electron chi connectivity index (χ4n) is 3.74. The van der Waals surface area contributed by atoms with Crippen molar-refractivity contribution in [2.24, 2.45) is 0 Å². The smallest absolute Gasteiger partial charge is 0.223 e. The molecule has 0 saturated carbocycles. The molecule has 1 aromatic carbocycles. The highest BCUT2D eigenvalue weighted by Gasteiger charge is 2.19. The number of ether oxygens (including phenoxy) is 1. The standard InChI is InChI=1S/C25H21F2N7O/c1-35-20-11-15(13-30-23(20)28)21-22(34-24(33-21)14-5-7-16(26)8-6-14)19-9-10-29-25(32-19)31-18-4-2-3-17(27)12-18/h2-3,5-13,18H,4H2,1H3,(H2,28,30)(H,33,34)(H,29,31,32). The number of aromatic nitrogens is 5. The van der Waals surface area contributed by atoms with Gasteiger partial charge < -0.3 is 20.8 Å². The molecule has 4 N–H and O–H groups in total. The van der Waals surface area contributed by atoms with Gasteiger partial charge in [0, 0.05) is 23.5 Å². The molecule has 5 rings (SSSR count). The van der Waals surface area contributed by atoms with Crippen LogP contribution in [0, 0.1) is 5.82 Å². The van der Waals surface area contributed by atoms with Crippen LogP contribution >= 0.6 is 0 Å². The average molecular weight is 473 g/mol. The van der Waals surface area contributed by atoms with Crippen LogP contribution in [0.3, 0.4) is 0 Å². The van der Waals surface area contributed by atoms with Crippen molar-refractivity contribution in [2.75, 3.05) is 18.2 Å². The lowest BCUT2D eigenvalue weighted by Gasteiger charge is -2.16. The van der Waals surface area contributed by atoms with Crippen molar-refractivity contribution in [3.63, 3.8) is 0 Å². The van der Waals surface area contributed by atoms with Crippen LogP contribution in [0.15, 0.2) is 72.8 Å². The molecule has 4 aromatic rings. The average Bonchev–Trinajstić information content (AvgIpc) is 3.30. The molecule has 176 valence electrons. The summed E-state index contributed by atoms with van der Waals surface area (Å²) in [5.74, 6) is 0.855. The summed E-state index contributed by atoms with van der Waals surface area (Å²) in [6.45, 7) is 0. The van der Waals surface area contributed by atoms with Gasteiger partial charge in [0.1, 0.15) is 23.2 Å². The lowest BCUT2D eigenvalue weighted by Crippen LogP contribution is -2.19. The number of allylic oxidation sites excluding steroid dienone is 2. The van der Waals surface area contributed by atoms with E-state index in [2.05, 4.69) is 25.3 Å². The number of methoxy groups -OCH3 is 1. The number of nitrogen functional groups attached to an aromatic ring is 1. The molecule has 0 fully saturated rings. The van der Waals surface area contributed by atoms with Crippen LogP contribution in [-0.2, 0) is 0 Å². The van der Waals surface area contributed by atoms with Crippen molar-refractivity contribution in [1.82, 2.24) is 24.9 Å². The van der Waals surface area contributed by atoms with Gasteiger partial charge in [0.25, 0.3) is 0 Å². The molecule has 3 heterocycles. The number of benzene rings is 1. The van der Waals surface area contributed by atoms with Crippen LogP contribution in [0.25, 0.3) is 34.0 Å². The lowest BCUT2D eigenvalue weighted by atomic mass is 10.1. The van der Waals surface area contributed by atoms with Gasteiger partial charge in [0.05, 0.1) is 24.5 Å². The molecule has 1 atom stereocenters. The van der Waals surface area contributed by atoms with E-state index in [1.807, 2.05) is 0 Å². The second kappa shape index (κ2) is 9.34. The number of aromatic amines is 1. The van der Waals surface area contributed by atoms with E-state index >= 15 is 0 Å². The van der Waals surface area contributed by atoms with Crippen molar-refractivity contribution in [3.8, 4) is 39.8 Å². The van der Waals surface area contributed by atoms with Crippen molar-refractivity contribution < 1.29 is 13.5 Å². The number of pyridine rings is 1. The Morgan fingerprint density at radius 2 is 1.91 bits per heavy atom. The summed E-state index contributed by atoms with van der Waals surface area (Å²) in [6, 6.07) is 9.19. The first-order valence-corrected chi connectivity index (χ1v) is 10.8. The van der Waals surface area contributed by atoms with E-state index in [0.717, 1.165) is 0 Å². The van der Waals surface area contributed by atoms with Gasteiger partial charge in [-0.3, -0.25) is 0 Å². The summed E-state index contributed by atoms with van der Waals surface area (Å²) in [5.41, 5.74) is 8.91. The number of halogens is 2. The largest absolute Gasteiger partial charge is 0.493 e. The Kier molecular flexibility index (Phi) is 5.92. The number of anilines is 2. The molecule has 8 nitrogen and oxygen atoms in total. The van der Waals surface area contributed by atoms with Crippen molar-refractivity contribution in [1.29, 1.82) is 0 Å². The summed E-state index contributed by atoms with van der Waals surface area (Å²) in [7, 11) is 1.51. The van der Waals surface area contributed by atoms with E-state index in [4.69, 9.17) is 15.5 Å². The molecule has 35 heavy (non-hydrogen) atoms. The predicted molar refractivity (Wildman–Crippen MR) is 130 cm³/mol. The van der Waals surface area contributed by atoms with Gasteiger partial charge in [0.2, 0.25) is 5.95 Å². The molecule has 0 amide bonds. The minimum atomic E-state index is -0.345. The number of rotatable bonds is 6. The summed E-state index contributed by atoms with van der Waals surface area (Å²) in [5, 5.41) is 3.14. The van der Waals surface area contributed by atoms with Crippen LogP contribution in [0.2, 0.25) is 0 Å². The Morgan fingerprint density at radius 3 is 2.69 bits per heavy atom. The molecule has 0 bridgehead atoms. The van der Waals surface area contributed by atoms with Crippen molar-refractivity contribution in [3.05, 3.63) is 78.7 Å². The Morgan fingerprint density at radius 1 is 1.09 bits per heavy atom. The van der Waals surface area contributed by atoms with Gasteiger partial charge in [-0.15, -0.1) is 0 Å². The SMILES string of the molecule is COc1cc(-c2nc(-c3ccc(F)cc3)[nH]c2-c2ccnc(NC3C=C(F)C=CC3)n2)cnc1N. The van der Waals surface area contributed by atoms with Gasteiger partial charge in [-0.2, -0.15) is 0 Å². The number of hydrogen-bond donors (Lipinski definition) is 3. The van der Waals surface area contributed by atoms with Crippen molar-refractivity contribution >= 4 is 11.8 Å². The second-order valence-corrected chi connectivity index (χ2v) is 7.83. The van der Waals surface area contributed by atoms with Gasteiger partial charge in [-0.25, -0.2) is 28.7 Å². The van der Waals surface area contributed by atoms with Gasteiger partial charge in [-0.05, 0) is 55.0 Å². The van der Waals surface area contributed by atoms with E-state index in [1.165, 1.54) is 31.4 Å². The summed E-state index contributed by atoms with van der Waals surface area (Å²) in [6.07, 6.45) is 8.47. The Hall–Kier alpha value is -4.60. The maximum atomic E-state index is 13.6. The van der Waals surface area contributed by atoms with E-state index in [0.29, 0.717) is 52.2 Å². The number of nitrogens with zero attached hydrogens (tertiary/aromatic N) is 4. The summed E-state index contributed by atoms with van der Waals surface area (Å²) < 4.78 is 32.4. The quantitative estimate of drug-likeness (QED) is 0.364. The summed E-state index contributed by atoms with van der Waals surface area (Å²) in [4.78, 5) is 21.2. The molecule has 0 spiro atoms. The molecule has 1 aliphatic carbocycles. The number of hydrogen-bond acceptors (Lipinski definition) is 7. The highest BCUT2D eigenvalue weighted by molar-refractivity contribution is 5.80. The molecule has 0 aliphatic heterocycles. The third kappa shape index (κ3) is 4.72. The third-order valence-corrected chi connectivity index (χ3v) is 5.45. The maximum Gasteiger partial charge on any atom is 0.223 e. The van der Waals surface area contributed by atoms with E-state index in [9.17, 15) is 8.78 Å². The first-order valence-electron chi connectivity index (χ1n) is 10.8. The minimum Gasteiger partial charge on any atom is -0.493 e. The minimum absolute atomic E-state index is 0.252. The Balaban J connectivity index is 1.58. The zero-order chi connectivity index (χ0) is 24.4. The highest BCUT2D eigenvalue weighted by Crippen LogP contribution is 2.34. The number of nitrogens with two attached hydrogens (primary N) is 1. The van der Waals surface area contributed by atoms with Gasteiger partial charge >= 0.3 is 0 Å². The number of imidazole rings is 1. The van der Waals surface area contributed by atoms with Crippen molar-refractivity contribution in [2.45, 2.75) is 12.5 Å².